The third-order valence-corrected chi connectivity index (χ3v) is 4.67. The lowest BCUT2D eigenvalue weighted by Gasteiger charge is -2.26. The molecule has 0 spiro atoms. The molecule has 1 amide bonds. The third-order valence-electron chi connectivity index (χ3n) is 4.14. The molecule has 1 heterocycles. The maximum atomic E-state index is 13.1. The van der Waals surface area contributed by atoms with Gasteiger partial charge in [0.25, 0.3) is 5.91 Å². The number of nitrogens with zero attached hydrogens (tertiary/aromatic N) is 1. The first-order valence-electron chi connectivity index (χ1n) is 8.64. The zero-order valence-corrected chi connectivity index (χ0v) is 16.7. The summed E-state index contributed by atoms with van der Waals surface area (Å²) in [6, 6.07) is 15.2. The summed E-state index contributed by atoms with van der Waals surface area (Å²) in [6.07, 6.45) is 0.741. The SMILES string of the molecule is CC(Oc1ccc(Cl)cc1Cl)C(=O)N(Cc1ccco1)Cc1ccccc1O. The van der Waals surface area contributed by atoms with Gasteiger partial charge in [-0.2, -0.15) is 0 Å². The van der Waals surface area contributed by atoms with E-state index < -0.39 is 6.10 Å². The summed E-state index contributed by atoms with van der Waals surface area (Å²) in [6.45, 7) is 2.09. The number of benzene rings is 2. The van der Waals surface area contributed by atoms with Gasteiger partial charge in [-0.1, -0.05) is 41.4 Å². The Morgan fingerprint density at radius 2 is 1.93 bits per heavy atom. The van der Waals surface area contributed by atoms with Gasteiger partial charge in [0, 0.05) is 17.1 Å². The van der Waals surface area contributed by atoms with Gasteiger partial charge in [-0.15, -0.1) is 0 Å². The first-order valence-corrected chi connectivity index (χ1v) is 9.39. The van der Waals surface area contributed by atoms with Crippen molar-refractivity contribution < 1.29 is 19.1 Å². The van der Waals surface area contributed by atoms with Crippen LogP contribution in [0, 0.1) is 0 Å². The highest BCUT2D eigenvalue weighted by Gasteiger charge is 2.25. The topological polar surface area (TPSA) is 62.9 Å². The Morgan fingerprint density at radius 1 is 1.14 bits per heavy atom. The van der Waals surface area contributed by atoms with E-state index in [0.29, 0.717) is 27.1 Å². The molecular formula is C21H19Cl2NO4. The van der Waals surface area contributed by atoms with Crippen molar-refractivity contribution in [3.8, 4) is 11.5 Å². The van der Waals surface area contributed by atoms with Crippen LogP contribution in [0.5, 0.6) is 11.5 Å². The highest BCUT2D eigenvalue weighted by atomic mass is 35.5. The second-order valence-corrected chi connectivity index (χ2v) is 7.08. The van der Waals surface area contributed by atoms with E-state index in [1.54, 1.807) is 72.7 Å². The minimum absolute atomic E-state index is 0.120. The Hall–Kier alpha value is -2.63. The van der Waals surface area contributed by atoms with Crippen molar-refractivity contribution in [3.63, 3.8) is 0 Å². The lowest BCUT2D eigenvalue weighted by atomic mass is 10.1. The predicted molar refractivity (Wildman–Crippen MR) is 108 cm³/mol. The number of aromatic hydroxyl groups is 1. The quantitative estimate of drug-likeness (QED) is 0.564. The number of para-hydroxylation sites is 1. The largest absolute Gasteiger partial charge is 0.508 e. The zero-order chi connectivity index (χ0) is 20.1. The Balaban J connectivity index is 1.79. The average Bonchev–Trinajstić information content (AvgIpc) is 3.17. The van der Waals surface area contributed by atoms with E-state index in [1.165, 1.54) is 0 Å². The number of carbonyl (C=O) groups is 1. The van der Waals surface area contributed by atoms with Crippen molar-refractivity contribution in [3.05, 3.63) is 82.2 Å². The average molecular weight is 420 g/mol. The molecule has 0 aliphatic heterocycles. The van der Waals surface area contributed by atoms with Crippen LogP contribution in [0.4, 0.5) is 0 Å². The molecule has 3 aromatic rings. The second-order valence-electron chi connectivity index (χ2n) is 6.24. The van der Waals surface area contributed by atoms with Gasteiger partial charge in [-0.3, -0.25) is 4.79 Å². The fourth-order valence-electron chi connectivity index (χ4n) is 2.72. The molecule has 146 valence electrons. The molecule has 0 fully saturated rings. The fourth-order valence-corrected chi connectivity index (χ4v) is 3.17. The molecule has 28 heavy (non-hydrogen) atoms. The molecule has 0 saturated heterocycles. The van der Waals surface area contributed by atoms with Gasteiger partial charge in [0.2, 0.25) is 0 Å². The van der Waals surface area contributed by atoms with Gasteiger partial charge in [0.15, 0.2) is 6.10 Å². The summed E-state index contributed by atoms with van der Waals surface area (Å²) in [5.74, 6) is 0.840. The van der Waals surface area contributed by atoms with Gasteiger partial charge in [0.1, 0.15) is 17.3 Å². The fraction of sp³-hybridized carbons (Fsp3) is 0.190. The molecule has 1 unspecified atom stereocenters. The van der Waals surface area contributed by atoms with E-state index in [-0.39, 0.29) is 24.7 Å². The van der Waals surface area contributed by atoms with Crippen LogP contribution < -0.4 is 4.74 Å². The summed E-state index contributed by atoms with van der Waals surface area (Å²) in [5, 5.41) is 10.9. The molecule has 0 aliphatic carbocycles. The number of phenols is 1. The van der Waals surface area contributed by atoms with Crippen molar-refractivity contribution in [2.24, 2.45) is 0 Å². The van der Waals surface area contributed by atoms with E-state index in [0.717, 1.165) is 0 Å². The van der Waals surface area contributed by atoms with Gasteiger partial charge in [0.05, 0.1) is 17.8 Å². The number of phenolic OH excluding ortho intramolecular Hbond substituents is 1. The molecule has 0 aliphatic rings. The predicted octanol–water partition coefficient (Wildman–Crippen LogP) is 5.29. The minimum Gasteiger partial charge on any atom is -0.508 e. The summed E-state index contributed by atoms with van der Waals surface area (Å²) < 4.78 is 11.1. The van der Waals surface area contributed by atoms with Gasteiger partial charge in [-0.05, 0) is 43.3 Å². The summed E-state index contributed by atoms with van der Waals surface area (Å²) in [4.78, 5) is 14.6. The van der Waals surface area contributed by atoms with E-state index >= 15 is 0 Å². The molecule has 5 nitrogen and oxygen atoms in total. The minimum atomic E-state index is -0.806. The number of hydrogen-bond donors (Lipinski definition) is 1. The molecule has 1 N–H and O–H groups in total. The van der Waals surface area contributed by atoms with E-state index in [1.807, 2.05) is 0 Å². The highest BCUT2D eigenvalue weighted by Crippen LogP contribution is 2.29. The van der Waals surface area contributed by atoms with Crippen LogP contribution in [0.15, 0.2) is 65.3 Å². The van der Waals surface area contributed by atoms with Crippen molar-refractivity contribution in [1.29, 1.82) is 0 Å². The molecule has 1 aromatic heterocycles. The maximum Gasteiger partial charge on any atom is 0.264 e. The Bertz CT molecular complexity index is 943. The zero-order valence-electron chi connectivity index (χ0n) is 15.1. The first kappa shape index (κ1) is 20.1. The highest BCUT2D eigenvalue weighted by molar-refractivity contribution is 6.35. The number of hydrogen-bond acceptors (Lipinski definition) is 4. The molecule has 0 radical (unpaired) electrons. The normalized spacial score (nSPS) is 11.8. The monoisotopic (exact) mass is 419 g/mol. The Labute approximate surface area is 173 Å². The smallest absolute Gasteiger partial charge is 0.264 e. The number of amides is 1. The maximum absolute atomic E-state index is 13.1. The number of furan rings is 1. The van der Waals surface area contributed by atoms with Crippen molar-refractivity contribution in [1.82, 2.24) is 4.90 Å². The van der Waals surface area contributed by atoms with E-state index in [9.17, 15) is 9.90 Å². The molecule has 3 rings (SSSR count). The van der Waals surface area contributed by atoms with Crippen LogP contribution in [-0.4, -0.2) is 22.0 Å². The Kier molecular flexibility index (Phi) is 6.49. The van der Waals surface area contributed by atoms with Crippen LogP contribution in [-0.2, 0) is 17.9 Å². The van der Waals surface area contributed by atoms with Crippen LogP contribution in [0.3, 0.4) is 0 Å². The van der Waals surface area contributed by atoms with Crippen molar-refractivity contribution >= 4 is 29.1 Å². The third kappa shape index (κ3) is 5.00. The summed E-state index contributed by atoms with van der Waals surface area (Å²) >= 11 is 12.0. The number of ether oxygens (including phenoxy) is 1. The summed E-state index contributed by atoms with van der Waals surface area (Å²) in [7, 11) is 0. The van der Waals surface area contributed by atoms with Crippen LogP contribution in [0.1, 0.15) is 18.2 Å². The molecule has 1 atom stereocenters. The lowest BCUT2D eigenvalue weighted by molar-refractivity contribution is -0.139. The standard InChI is InChI=1S/C21H19Cl2NO4/c1-14(28-20-9-8-16(22)11-18(20)23)21(26)24(13-17-6-4-10-27-17)12-15-5-2-3-7-19(15)25/h2-11,14,25H,12-13H2,1H3. The Morgan fingerprint density at radius 3 is 2.61 bits per heavy atom. The van der Waals surface area contributed by atoms with Crippen LogP contribution >= 0.6 is 23.2 Å². The lowest BCUT2D eigenvalue weighted by Crippen LogP contribution is -2.39. The van der Waals surface area contributed by atoms with Crippen LogP contribution in [0.25, 0.3) is 0 Å². The molecule has 7 heteroatoms. The van der Waals surface area contributed by atoms with Crippen LogP contribution in [0.2, 0.25) is 10.0 Å². The molecule has 0 saturated carbocycles. The van der Waals surface area contributed by atoms with Crippen molar-refractivity contribution in [2.45, 2.75) is 26.1 Å². The molecular weight excluding hydrogens is 401 g/mol. The number of carbonyl (C=O) groups excluding carboxylic acids is 1. The van der Waals surface area contributed by atoms with E-state index in [4.69, 9.17) is 32.4 Å². The van der Waals surface area contributed by atoms with Crippen molar-refractivity contribution in [2.75, 3.05) is 0 Å². The molecule has 2 aromatic carbocycles. The number of rotatable bonds is 7. The first-order chi connectivity index (χ1) is 13.4. The van der Waals surface area contributed by atoms with Gasteiger partial charge >= 0.3 is 0 Å². The van der Waals surface area contributed by atoms with Gasteiger partial charge in [-0.25, -0.2) is 0 Å². The van der Waals surface area contributed by atoms with Gasteiger partial charge < -0.3 is 19.2 Å². The summed E-state index contributed by atoms with van der Waals surface area (Å²) in [5.41, 5.74) is 0.624. The molecule has 0 bridgehead atoms. The van der Waals surface area contributed by atoms with E-state index in [2.05, 4.69) is 0 Å². The second kappa shape index (κ2) is 9.04. The number of halogens is 2.